The average molecular weight is 293 g/mol. The fourth-order valence-electron chi connectivity index (χ4n) is 2.12. The molecule has 0 fully saturated rings. The molecule has 5 heteroatoms. The molecule has 0 aliphatic carbocycles. The molecule has 0 heterocycles. The lowest BCUT2D eigenvalue weighted by atomic mass is 9.82. The Hall–Kier alpha value is -2.04. The molecule has 0 spiro atoms. The van der Waals surface area contributed by atoms with Crippen LogP contribution in [0.25, 0.3) is 0 Å². The number of ether oxygens (including phenoxy) is 1. The summed E-state index contributed by atoms with van der Waals surface area (Å²) >= 11 is 0. The molecule has 5 nitrogen and oxygen atoms in total. The third-order valence-electron chi connectivity index (χ3n) is 3.80. The summed E-state index contributed by atoms with van der Waals surface area (Å²) in [4.78, 5) is 23.5. The van der Waals surface area contributed by atoms with E-state index in [2.05, 4.69) is 5.32 Å². The van der Waals surface area contributed by atoms with E-state index in [1.54, 1.807) is 24.3 Å². The van der Waals surface area contributed by atoms with Crippen molar-refractivity contribution < 1.29 is 19.4 Å². The Labute approximate surface area is 125 Å². The van der Waals surface area contributed by atoms with Crippen LogP contribution in [-0.4, -0.2) is 30.1 Å². The molecular weight excluding hydrogens is 270 g/mol. The third kappa shape index (κ3) is 4.21. The SMILES string of the molecule is CCOc1cccc(C(=O)NCC(CC)(CC)C(=O)O)c1. The summed E-state index contributed by atoms with van der Waals surface area (Å²) in [5.41, 5.74) is -0.444. The van der Waals surface area contributed by atoms with Gasteiger partial charge in [-0.15, -0.1) is 0 Å². The summed E-state index contributed by atoms with van der Waals surface area (Å²) in [5.74, 6) is -0.541. The standard InChI is InChI=1S/C16H23NO4/c1-4-16(5-2,15(19)20)11-17-14(18)12-8-7-9-13(10-12)21-6-3/h7-10H,4-6,11H2,1-3H3,(H,17,18)(H,19,20). The highest BCUT2D eigenvalue weighted by molar-refractivity contribution is 5.94. The monoisotopic (exact) mass is 293 g/mol. The Morgan fingerprint density at radius 2 is 1.90 bits per heavy atom. The zero-order chi connectivity index (χ0) is 15.9. The maximum absolute atomic E-state index is 12.1. The predicted molar refractivity (Wildman–Crippen MR) is 80.6 cm³/mol. The second-order valence-electron chi connectivity index (χ2n) is 4.94. The van der Waals surface area contributed by atoms with Gasteiger partial charge in [0.25, 0.3) is 5.91 Å². The molecule has 2 N–H and O–H groups in total. The van der Waals surface area contributed by atoms with Gasteiger partial charge in [-0.05, 0) is 38.0 Å². The quantitative estimate of drug-likeness (QED) is 0.772. The van der Waals surface area contributed by atoms with E-state index in [-0.39, 0.29) is 12.5 Å². The van der Waals surface area contributed by atoms with Gasteiger partial charge in [0.15, 0.2) is 0 Å². The van der Waals surface area contributed by atoms with Crippen molar-refractivity contribution in [3.8, 4) is 5.75 Å². The molecule has 0 aromatic heterocycles. The van der Waals surface area contributed by atoms with Gasteiger partial charge < -0.3 is 15.2 Å². The summed E-state index contributed by atoms with van der Waals surface area (Å²) in [5, 5.41) is 12.1. The van der Waals surface area contributed by atoms with Crippen LogP contribution in [0.2, 0.25) is 0 Å². The molecule has 116 valence electrons. The summed E-state index contributed by atoms with van der Waals surface area (Å²) < 4.78 is 5.35. The number of amides is 1. The zero-order valence-corrected chi connectivity index (χ0v) is 12.8. The lowest BCUT2D eigenvalue weighted by Crippen LogP contribution is -2.42. The fourth-order valence-corrected chi connectivity index (χ4v) is 2.12. The molecule has 0 saturated heterocycles. The molecule has 0 unspecified atom stereocenters. The molecule has 0 bridgehead atoms. The van der Waals surface area contributed by atoms with Crippen LogP contribution >= 0.6 is 0 Å². The molecule has 0 aliphatic heterocycles. The Kier molecular flexibility index (Phi) is 6.21. The van der Waals surface area contributed by atoms with Crippen molar-refractivity contribution in [1.82, 2.24) is 5.32 Å². The molecule has 0 radical (unpaired) electrons. The molecule has 0 saturated carbocycles. The highest BCUT2D eigenvalue weighted by Gasteiger charge is 2.35. The maximum atomic E-state index is 12.1. The number of carbonyl (C=O) groups is 2. The van der Waals surface area contributed by atoms with E-state index in [4.69, 9.17) is 4.74 Å². The zero-order valence-electron chi connectivity index (χ0n) is 12.8. The number of carboxylic acids is 1. The molecule has 21 heavy (non-hydrogen) atoms. The van der Waals surface area contributed by atoms with Crippen molar-refractivity contribution in [2.24, 2.45) is 5.41 Å². The summed E-state index contributed by atoms with van der Waals surface area (Å²) in [6.45, 7) is 6.15. The van der Waals surface area contributed by atoms with Crippen LogP contribution in [-0.2, 0) is 4.79 Å². The first-order valence-electron chi connectivity index (χ1n) is 7.23. The third-order valence-corrected chi connectivity index (χ3v) is 3.80. The second-order valence-corrected chi connectivity index (χ2v) is 4.94. The van der Waals surface area contributed by atoms with Gasteiger partial charge in [-0.25, -0.2) is 0 Å². The van der Waals surface area contributed by atoms with Gasteiger partial charge in [-0.3, -0.25) is 9.59 Å². The predicted octanol–water partition coefficient (Wildman–Crippen LogP) is 2.71. The van der Waals surface area contributed by atoms with Gasteiger partial charge in [0.2, 0.25) is 0 Å². The smallest absolute Gasteiger partial charge is 0.311 e. The first kappa shape index (κ1) is 17.0. The summed E-state index contributed by atoms with van der Waals surface area (Å²) in [7, 11) is 0. The number of hydrogen-bond donors (Lipinski definition) is 2. The van der Waals surface area contributed by atoms with E-state index in [1.165, 1.54) is 0 Å². The van der Waals surface area contributed by atoms with Gasteiger partial charge in [-0.2, -0.15) is 0 Å². The largest absolute Gasteiger partial charge is 0.494 e. The number of aliphatic carboxylic acids is 1. The lowest BCUT2D eigenvalue weighted by molar-refractivity contribution is -0.149. The van der Waals surface area contributed by atoms with Gasteiger partial charge in [0, 0.05) is 12.1 Å². The minimum Gasteiger partial charge on any atom is -0.494 e. The Morgan fingerprint density at radius 1 is 1.24 bits per heavy atom. The van der Waals surface area contributed by atoms with Crippen LogP contribution in [0.4, 0.5) is 0 Å². The molecule has 1 aromatic carbocycles. The second kappa shape index (κ2) is 7.67. The molecular formula is C16H23NO4. The molecule has 0 atom stereocenters. The Morgan fingerprint density at radius 3 is 2.43 bits per heavy atom. The molecule has 0 aliphatic rings. The minimum absolute atomic E-state index is 0.118. The van der Waals surface area contributed by atoms with Crippen molar-refractivity contribution in [2.75, 3.05) is 13.2 Å². The molecule has 1 rings (SSSR count). The van der Waals surface area contributed by atoms with Crippen molar-refractivity contribution in [1.29, 1.82) is 0 Å². The topological polar surface area (TPSA) is 75.6 Å². The molecule has 1 aromatic rings. The van der Waals surface area contributed by atoms with E-state index in [1.807, 2.05) is 20.8 Å². The van der Waals surface area contributed by atoms with Crippen molar-refractivity contribution in [3.63, 3.8) is 0 Å². The number of carboxylic acid groups (broad SMARTS) is 1. The summed E-state index contributed by atoms with van der Waals surface area (Å²) in [6.07, 6.45) is 0.941. The fraction of sp³-hybridized carbons (Fsp3) is 0.500. The average Bonchev–Trinajstić information content (AvgIpc) is 2.49. The minimum atomic E-state index is -0.910. The normalized spacial score (nSPS) is 11.0. The van der Waals surface area contributed by atoms with E-state index >= 15 is 0 Å². The number of hydrogen-bond acceptors (Lipinski definition) is 3. The van der Waals surface area contributed by atoms with E-state index in [9.17, 15) is 14.7 Å². The van der Waals surface area contributed by atoms with Gasteiger partial charge in [0.05, 0.1) is 12.0 Å². The van der Waals surface area contributed by atoms with E-state index in [0.717, 1.165) is 0 Å². The Balaban J connectivity index is 2.77. The van der Waals surface area contributed by atoms with Crippen LogP contribution in [0.1, 0.15) is 44.0 Å². The highest BCUT2D eigenvalue weighted by atomic mass is 16.5. The van der Waals surface area contributed by atoms with Crippen LogP contribution < -0.4 is 10.1 Å². The number of rotatable bonds is 8. The lowest BCUT2D eigenvalue weighted by Gasteiger charge is -2.26. The van der Waals surface area contributed by atoms with Gasteiger partial charge in [-0.1, -0.05) is 19.9 Å². The van der Waals surface area contributed by atoms with Crippen LogP contribution in [0.5, 0.6) is 5.75 Å². The van der Waals surface area contributed by atoms with Crippen LogP contribution in [0.3, 0.4) is 0 Å². The van der Waals surface area contributed by atoms with E-state index < -0.39 is 11.4 Å². The van der Waals surface area contributed by atoms with Crippen LogP contribution in [0.15, 0.2) is 24.3 Å². The molecule has 1 amide bonds. The maximum Gasteiger partial charge on any atom is 0.311 e. The van der Waals surface area contributed by atoms with Gasteiger partial charge >= 0.3 is 5.97 Å². The van der Waals surface area contributed by atoms with Crippen LogP contribution in [0, 0.1) is 5.41 Å². The first-order valence-corrected chi connectivity index (χ1v) is 7.23. The van der Waals surface area contributed by atoms with Crippen molar-refractivity contribution >= 4 is 11.9 Å². The van der Waals surface area contributed by atoms with Crippen molar-refractivity contribution in [2.45, 2.75) is 33.6 Å². The van der Waals surface area contributed by atoms with Crippen molar-refractivity contribution in [3.05, 3.63) is 29.8 Å². The Bertz CT molecular complexity index is 495. The van der Waals surface area contributed by atoms with Gasteiger partial charge in [0.1, 0.15) is 5.75 Å². The first-order chi connectivity index (χ1) is 9.99. The number of carbonyl (C=O) groups excluding carboxylic acids is 1. The number of nitrogens with one attached hydrogen (secondary N) is 1. The number of benzene rings is 1. The van der Waals surface area contributed by atoms with E-state index in [0.29, 0.717) is 30.8 Å². The summed E-state index contributed by atoms with van der Waals surface area (Å²) in [6, 6.07) is 6.85. The highest BCUT2D eigenvalue weighted by Crippen LogP contribution is 2.26.